The van der Waals surface area contributed by atoms with E-state index in [1.165, 1.54) is 0 Å². The highest BCUT2D eigenvalue weighted by molar-refractivity contribution is 5.91. The van der Waals surface area contributed by atoms with E-state index in [0.29, 0.717) is 34.1 Å². The zero-order valence-electron chi connectivity index (χ0n) is 14.8. The minimum Gasteiger partial charge on any atom is -0.493 e. The van der Waals surface area contributed by atoms with Crippen molar-refractivity contribution in [2.24, 2.45) is 0 Å². The number of fused-ring (bicyclic) bond motifs is 1. The highest BCUT2D eigenvalue weighted by atomic mass is 16.5. The van der Waals surface area contributed by atoms with E-state index >= 15 is 0 Å². The van der Waals surface area contributed by atoms with Crippen LogP contribution in [-0.4, -0.2) is 26.3 Å². The molecule has 0 saturated carbocycles. The lowest BCUT2D eigenvalue weighted by Crippen LogP contribution is -1.97. The number of benzene rings is 2. The molecule has 1 heterocycles. The van der Waals surface area contributed by atoms with Gasteiger partial charge in [0.05, 0.1) is 44.2 Å². The van der Waals surface area contributed by atoms with Gasteiger partial charge in [-0.3, -0.25) is 0 Å². The smallest absolute Gasteiger partial charge is 0.203 e. The molecule has 5 heteroatoms. The van der Waals surface area contributed by atoms with Crippen molar-refractivity contribution in [3.05, 3.63) is 59.8 Å². The molecule has 0 aliphatic carbocycles. The molecule has 1 aromatic heterocycles. The number of allylic oxidation sites excluding steroid dienone is 1. The summed E-state index contributed by atoms with van der Waals surface area (Å²) in [6.07, 6.45) is 1.74. The van der Waals surface area contributed by atoms with Crippen molar-refractivity contribution in [2.45, 2.75) is 0 Å². The van der Waals surface area contributed by atoms with Gasteiger partial charge in [-0.2, -0.15) is 5.26 Å². The van der Waals surface area contributed by atoms with Crippen LogP contribution >= 0.6 is 0 Å². The number of methoxy groups -OCH3 is 3. The number of pyridine rings is 1. The van der Waals surface area contributed by atoms with Crippen LogP contribution in [0.3, 0.4) is 0 Å². The minimum absolute atomic E-state index is 0.451. The number of rotatable bonds is 5. The van der Waals surface area contributed by atoms with E-state index in [4.69, 9.17) is 14.2 Å². The lowest BCUT2D eigenvalue weighted by atomic mass is 10.0. The summed E-state index contributed by atoms with van der Waals surface area (Å²) in [6.45, 7) is 0. The second kappa shape index (κ2) is 7.58. The van der Waals surface area contributed by atoms with Crippen LogP contribution in [0.25, 0.3) is 22.6 Å². The maximum Gasteiger partial charge on any atom is 0.203 e. The van der Waals surface area contributed by atoms with Crippen LogP contribution in [0.4, 0.5) is 0 Å². The Bertz CT molecular complexity index is 994. The normalized spacial score (nSPS) is 11.1. The zero-order valence-corrected chi connectivity index (χ0v) is 14.8. The third kappa shape index (κ3) is 3.31. The number of hydrogen-bond donors (Lipinski definition) is 0. The van der Waals surface area contributed by atoms with E-state index in [1.54, 1.807) is 39.5 Å². The number of ether oxygens (including phenoxy) is 3. The summed E-state index contributed by atoms with van der Waals surface area (Å²) >= 11 is 0. The second-order valence-electron chi connectivity index (χ2n) is 5.51. The maximum absolute atomic E-state index is 9.65. The monoisotopic (exact) mass is 346 g/mol. The predicted octanol–water partition coefficient (Wildman–Crippen LogP) is 4.32. The van der Waals surface area contributed by atoms with Crippen molar-refractivity contribution in [1.82, 2.24) is 4.98 Å². The standard InChI is InChI=1S/C21H18N2O3/c1-24-19-11-15(12-20(25-2)21(19)26-3)16(13-22)10-17-9-8-14-6-4-5-7-18(14)23-17/h4-12H,1-3H3. The SMILES string of the molecule is COc1cc(C(C#N)=Cc2ccc3ccccc3n2)cc(OC)c1OC. The largest absolute Gasteiger partial charge is 0.493 e. The predicted molar refractivity (Wildman–Crippen MR) is 101 cm³/mol. The first-order valence-electron chi connectivity index (χ1n) is 7.98. The van der Waals surface area contributed by atoms with E-state index < -0.39 is 0 Å². The number of aromatic nitrogens is 1. The van der Waals surface area contributed by atoms with E-state index in [9.17, 15) is 5.26 Å². The fourth-order valence-corrected chi connectivity index (χ4v) is 2.73. The van der Waals surface area contributed by atoms with Gasteiger partial charge in [0.2, 0.25) is 5.75 Å². The van der Waals surface area contributed by atoms with Gasteiger partial charge in [-0.15, -0.1) is 0 Å². The van der Waals surface area contributed by atoms with Gasteiger partial charge >= 0.3 is 0 Å². The van der Waals surface area contributed by atoms with E-state index in [0.717, 1.165) is 10.9 Å². The third-order valence-electron chi connectivity index (χ3n) is 4.01. The van der Waals surface area contributed by atoms with Crippen molar-refractivity contribution in [3.63, 3.8) is 0 Å². The third-order valence-corrected chi connectivity index (χ3v) is 4.01. The molecule has 130 valence electrons. The Kier molecular flexibility index (Phi) is 5.04. The van der Waals surface area contributed by atoms with E-state index in [-0.39, 0.29) is 0 Å². The fourth-order valence-electron chi connectivity index (χ4n) is 2.73. The van der Waals surface area contributed by atoms with Crippen molar-refractivity contribution >= 4 is 22.6 Å². The molecule has 0 saturated heterocycles. The Morgan fingerprint density at radius 1 is 0.962 bits per heavy atom. The number of nitrogens with zero attached hydrogens (tertiary/aromatic N) is 2. The van der Waals surface area contributed by atoms with Gasteiger partial charge in [-0.1, -0.05) is 24.3 Å². The van der Waals surface area contributed by atoms with Crippen molar-refractivity contribution in [1.29, 1.82) is 5.26 Å². The van der Waals surface area contributed by atoms with Crippen LogP contribution in [-0.2, 0) is 0 Å². The summed E-state index contributed by atoms with van der Waals surface area (Å²) < 4.78 is 16.1. The van der Waals surface area contributed by atoms with Gasteiger partial charge in [-0.05, 0) is 35.9 Å². The summed E-state index contributed by atoms with van der Waals surface area (Å²) in [7, 11) is 4.63. The maximum atomic E-state index is 9.65. The van der Waals surface area contributed by atoms with E-state index in [1.807, 2.05) is 36.4 Å². The summed E-state index contributed by atoms with van der Waals surface area (Å²) in [5.74, 6) is 1.48. The highest BCUT2D eigenvalue weighted by Crippen LogP contribution is 2.40. The van der Waals surface area contributed by atoms with Crippen LogP contribution < -0.4 is 14.2 Å². The van der Waals surface area contributed by atoms with Gasteiger partial charge in [0, 0.05) is 5.39 Å². The summed E-state index contributed by atoms with van der Waals surface area (Å²) in [6, 6.07) is 17.4. The minimum atomic E-state index is 0.451. The van der Waals surface area contributed by atoms with Crippen LogP contribution in [0.15, 0.2) is 48.5 Å². The molecule has 0 spiro atoms. The van der Waals surface area contributed by atoms with Gasteiger partial charge in [0.1, 0.15) is 0 Å². The van der Waals surface area contributed by atoms with Gasteiger partial charge in [-0.25, -0.2) is 4.98 Å². The molecule has 3 aromatic rings. The van der Waals surface area contributed by atoms with Crippen molar-refractivity contribution in [2.75, 3.05) is 21.3 Å². The summed E-state index contributed by atoms with van der Waals surface area (Å²) in [5.41, 5.74) is 2.70. The molecule has 0 amide bonds. The average molecular weight is 346 g/mol. The highest BCUT2D eigenvalue weighted by Gasteiger charge is 2.15. The molecule has 26 heavy (non-hydrogen) atoms. The Morgan fingerprint density at radius 3 is 2.27 bits per heavy atom. The molecule has 3 rings (SSSR count). The van der Waals surface area contributed by atoms with Crippen LogP contribution in [0, 0.1) is 11.3 Å². The molecule has 0 N–H and O–H groups in total. The van der Waals surface area contributed by atoms with E-state index in [2.05, 4.69) is 11.1 Å². The number of para-hydroxylation sites is 1. The second-order valence-corrected chi connectivity index (χ2v) is 5.51. The lowest BCUT2D eigenvalue weighted by molar-refractivity contribution is 0.324. The van der Waals surface area contributed by atoms with Crippen molar-refractivity contribution in [3.8, 4) is 23.3 Å². The molecule has 0 atom stereocenters. The molecule has 0 aliphatic rings. The molecule has 0 radical (unpaired) electrons. The lowest BCUT2D eigenvalue weighted by Gasteiger charge is -2.13. The Labute approximate surface area is 152 Å². The summed E-state index contributed by atoms with van der Waals surface area (Å²) in [5, 5.41) is 10.7. The first-order chi connectivity index (χ1) is 12.7. The molecule has 0 unspecified atom stereocenters. The quantitative estimate of drug-likeness (QED) is 0.644. The topological polar surface area (TPSA) is 64.4 Å². The van der Waals surface area contributed by atoms with Crippen LogP contribution in [0.1, 0.15) is 11.3 Å². The molecular weight excluding hydrogens is 328 g/mol. The van der Waals surface area contributed by atoms with Gasteiger partial charge < -0.3 is 14.2 Å². The Hall–Kier alpha value is -3.52. The fraction of sp³-hybridized carbons (Fsp3) is 0.143. The molecule has 0 fully saturated rings. The Balaban J connectivity index is 2.10. The molecular formula is C21H18N2O3. The number of nitriles is 1. The molecule has 0 aliphatic heterocycles. The average Bonchev–Trinajstić information content (AvgIpc) is 2.70. The molecule has 5 nitrogen and oxygen atoms in total. The van der Waals surface area contributed by atoms with Gasteiger partial charge in [0.15, 0.2) is 11.5 Å². The summed E-state index contributed by atoms with van der Waals surface area (Å²) in [4.78, 5) is 4.59. The van der Waals surface area contributed by atoms with Crippen molar-refractivity contribution < 1.29 is 14.2 Å². The van der Waals surface area contributed by atoms with Crippen LogP contribution in [0.2, 0.25) is 0 Å². The first kappa shape index (κ1) is 17.3. The van der Waals surface area contributed by atoms with Gasteiger partial charge in [0.25, 0.3) is 0 Å². The first-order valence-corrected chi connectivity index (χ1v) is 7.98. The molecule has 2 aromatic carbocycles. The number of hydrogen-bond acceptors (Lipinski definition) is 5. The zero-order chi connectivity index (χ0) is 18.5. The van der Waals surface area contributed by atoms with Crippen LogP contribution in [0.5, 0.6) is 17.2 Å². The molecule has 0 bridgehead atoms. The Morgan fingerprint density at radius 2 is 1.65 bits per heavy atom.